The highest BCUT2D eigenvalue weighted by atomic mass is 35.5. The third kappa shape index (κ3) is 5.06. The number of benzene rings is 3. The zero-order chi connectivity index (χ0) is 20.8. The van der Waals surface area contributed by atoms with Crippen molar-refractivity contribution in [3.8, 4) is 11.5 Å². The van der Waals surface area contributed by atoms with Gasteiger partial charge in [0.25, 0.3) is 11.8 Å². The Morgan fingerprint density at radius 2 is 1.41 bits per heavy atom. The van der Waals surface area contributed by atoms with Gasteiger partial charge in [0, 0.05) is 16.8 Å². The lowest BCUT2D eigenvalue weighted by molar-refractivity contribution is 0.101. The summed E-state index contributed by atoms with van der Waals surface area (Å²) in [6.45, 7) is 0. The standard InChI is InChI=1S/C22H19ClN2O4/c1-28-17-9-7-16(8-10-17)24-21(26)15-6-11-19(23)20(13-15)25-22(27)14-4-3-5-18(12-14)29-2/h3-13H,1-2H3,(H,24,26)(H,25,27). The Morgan fingerprint density at radius 3 is 2.10 bits per heavy atom. The van der Waals surface area contributed by atoms with Crippen molar-refractivity contribution in [1.29, 1.82) is 0 Å². The maximum atomic E-state index is 12.6. The summed E-state index contributed by atoms with van der Waals surface area (Å²) >= 11 is 6.20. The third-order valence-corrected chi connectivity index (χ3v) is 4.49. The van der Waals surface area contributed by atoms with E-state index in [1.807, 2.05) is 0 Å². The van der Waals surface area contributed by atoms with E-state index in [0.29, 0.717) is 39.0 Å². The molecule has 2 amide bonds. The molecule has 0 saturated carbocycles. The number of carbonyl (C=O) groups excluding carboxylic acids is 2. The van der Waals surface area contributed by atoms with Gasteiger partial charge in [0.1, 0.15) is 11.5 Å². The third-order valence-electron chi connectivity index (χ3n) is 4.16. The van der Waals surface area contributed by atoms with Crippen molar-refractivity contribution in [2.75, 3.05) is 24.9 Å². The van der Waals surface area contributed by atoms with Crippen molar-refractivity contribution in [2.45, 2.75) is 0 Å². The molecule has 0 aliphatic rings. The van der Waals surface area contributed by atoms with Crippen molar-refractivity contribution in [2.24, 2.45) is 0 Å². The maximum Gasteiger partial charge on any atom is 0.255 e. The number of ether oxygens (including phenoxy) is 2. The number of methoxy groups -OCH3 is 2. The summed E-state index contributed by atoms with van der Waals surface area (Å²) in [5.74, 6) is 0.565. The summed E-state index contributed by atoms with van der Waals surface area (Å²) in [4.78, 5) is 25.1. The SMILES string of the molecule is COc1ccc(NC(=O)c2ccc(Cl)c(NC(=O)c3cccc(OC)c3)c2)cc1. The Labute approximate surface area is 173 Å². The molecule has 0 unspecified atom stereocenters. The van der Waals surface area contributed by atoms with Gasteiger partial charge < -0.3 is 20.1 Å². The number of rotatable bonds is 6. The van der Waals surface area contributed by atoms with Crippen LogP contribution in [-0.2, 0) is 0 Å². The molecule has 3 aromatic rings. The fourth-order valence-electron chi connectivity index (χ4n) is 2.60. The Kier molecular flexibility index (Phi) is 6.36. The lowest BCUT2D eigenvalue weighted by Gasteiger charge is -2.11. The quantitative estimate of drug-likeness (QED) is 0.608. The van der Waals surface area contributed by atoms with E-state index < -0.39 is 0 Å². The maximum absolute atomic E-state index is 12.6. The number of carbonyl (C=O) groups is 2. The number of hydrogen-bond donors (Lipinski definition) is 2. The Hall–Kier alpha value is -3.51. The first-order chi connectivity index (χ1) is 14.0. The number of nitrogens with one attached hydrogen (secondary N) is 2. The normalized spacial score (nSPS) is 10.2. The van der Waals surface area contributed by atoms with Crippen LogP contribution in [0.2, 0.25) is 5.02 Å². The van der Waals surface area contributed by atoms with Crippen LogP contribution in [0.15, 0.2) is 66.7 Å². The molecule has 7 heteroatoms. The van der Waals surface area contributed by atoms with Crippen LogP contribution in [0.1, 0.15) is 20.7 Å². The molecule has 3 rings (SSSR count). The molecule has 29 heavy (non-hydrogen) atoms. The minimum Gasteiger partial charge on any atom is -0.497 e. The molecule has 0 saturated heterocycles. The minimum absolute atomic E-state index is 0.322. The van der Waals surface area contributed by atoms with Crippen molar-refractivity contribution in [3.63, 3.8) is 0 Å². The minimum atomic E-state index is -0.362. The van der Waals surface area contributed by atoms with Gasteiger partial charge >= 0.3 is 0 Å². The van der Waals surface area contributed by atoms with Crippen LogP contribution in [-0.4, -0.2) is 26.0 Å². The molecule has 0 atom stereocenters. The van der Waals surface area contributed by atoms with Crippen LogP contribution in [0.3, 0.4) is 0 Å². The van der Waals surface area contributed by atoms with Gasteiger partial charge in [-0.2, -0.15) is 0 Å². The second kappa shape index (κ2) is 9.12. The van der Waals surface area contributed by atoms with E-state index in [9.17, 15) is 9.59 Å². The topological polar surface area (TPSA) is 76.7 Å². The van der Waals surface area contributed by atoms with Gasteiger partial charge in [0.2, 0.25) is 0 Å². The molecular weight excluding hydrogens is 392 g/mol. The van der Waals surface area contributed by atoms with Crippen LogP contribution < -0.4 is 20.1 Å². The number of amides is 2. The van der Waals surface area contributed by atoms with E-state index in [-0.39, 0.29) is 11.8 Å². The predicted octanol–water partition coefficient (Wildman–Crippen LogP) is 4.86. The van der Waals surface area contributed by atoms with E-state index in [0.717, 1.165) is 0 Å². The van der Waals surface area contributed by atoms with Crippen molar-refractivity contribution < 1.29 is 19.1 Å². The summed E-state index contributed by atoms with van der Waals surface area (Å²) in [6.07, 6.45) is 0. The zero-order valence-electron chi connectivity index (χ0n) is 15.9. The molecule has 6 nitrogen and oxygen atoms in total. The zero-order valence-corrected chi connectivity index (χ0v) is 16.6. The predicted molar refractivity (Wildman–Crippen MR) is 113 cm³/mol. The summed E-state index contributed by atoms with van der Waals surface area (Å²) in [6, 6.07) is 18.4. The summed E-state index contributed by atoms with van der Waals surface area (Å²) < 4.78 is 10.2. The van der Waals surface area contributed by atoms with E-state index in [1.165, 1.54) is 13.2 Å². The molecule has 2 N–H and O–H groups in total. The smallest absolute Gasteiger partial charge is 0.255 e. The van der Waals surface area contributed by atoms with Crippen molar-refractivity contribution >= 4 is 34.8 Å². The highest BCUT2D eigenvalue weighted by Crippen LogP contribution is 2.25. The lowest BCUT2D eigenvalue weighted by atomic mass is 10.1. The molecule has 3 aromatic carbocycles. The largest absolute Gasteiger partial charge is 0.497 e. The second-order valence-electron chi connectivity index (χ2n) is 6.06. The van der Waals surface area contributed by atoms with Crippen LogP contribution in [0.4, 0.5) is 11.4 Å². The summed E-state index contributed by atoms with van der Waals surface area (Å²) in [5, 5.41) is 5.84. The van der Waals surface area contributed by atoms with Gasteiger partial charge in [-0.05, 0) is 60.7 Å². The summed E-state index contributed by atoms with van der Waals surface area (Å²) in [7, 11) is 3.10. The molecule has 0 aliphatic heterocycles. The van der Waals surface area contributed by atoms with Gasteiger partial charge in [-0.25, -0.2) is 0 Å². The number of anilines is 2. The molecule has 0 bridgehead atoms. The monoisotopic (exact) mass is 410 g/mol. The first-order valence-electron chi connectivity index (χ1n) is 8.70. The van der Waals surface area contributed by atoms with Crippen molar-refractivity contribution in [3.05, 3.63) is 82.9 Å². The van der Waals surface area contributed by atoms with Crippen molar-refractivity contribution in [1.82, 2.24) is 0 Å². The molecule has 0 aliphatic carbocycles. The Balaban J connectivity index is 1.76. The molecule has 0 aromatic heterocycles. The van der Waals surface area contributed by atoms with Gasteiger partial charge in [0.05, 0.1) is 24.9 Å². The van der Waals surface area contributed by atoms with Gasteiger partial charge in [-0.1, -0.05) is 17.7 Å². The van der Waals surface area contributed by atoms with Crippen LogP contribution >= 0.6 is 11.6 Å². The van der Waals surface area contributed by atoms with E-state index in [2.05, 4.69) is 10.6 Å². The summed E-state index contributed by atoms with van der Waals surface area (Å²) in [5.41, 5.74) is 1.72. The molecule has 0 spiro atoms. The van der Waals surface area contributed by atoms with Gasteiger partial charge in [0.15, 0.2) is 0 Å². The first kappa shape index (κ1) is 20.2. The van der Waals surface area contributed by atoms with Gasteiger partial charge in [-0.15, -0.1) is 0 Å². The molecule has 0 radical (unpaired) electrons. The van der Waals surface area contributed by atoms with Gasteiger partial charge in [-0.3, -0.25) is 9.59 Å². The highest BCUT2D eigenvalue weighted by Gasteiger charge is 2.13. The second-order valence-corrected chi connectivity index (χ2v) is 6.47. The molecule has 148 valence electrons. The average molecular weight is 411 g/mol. The molecular formula is C22H19ClN2O4. The first-order valence-corrected chi connectivity index (χ1v) is 9.08. The van der Waals surface area contributed by atoms with E-state index in [4.69, 9.17) is 21.1 Å². The Morgan fingerprint density at radius 1 is 0.759 bits per heavy atom. The fourth-order valence-corrected chi connectivity index (χ4v) is 2.76. The highest BCUT2D eigenvalue weighted by molar-refractivity contribution is 6.34. The van der Waals surface area contributed by atoms with Crippen LogP contribution in [0, 0.1) is 0 Å². The molecule has 0 heterocycles. The van der Waals surface area contributed by atoms with Crippen LogP contribution in [0.5, 0.6) is 11.5 Å². The average Bonchev–Trinajstić information content (AvgIpc) is 2.75. The number of halogens is 1. The van der Waals surface area contributed by atoms with Crippen LogP contribution in [0.25, 0.3) is 0 Å². The fraction of sp³-hybridized carbons (Fsp3) is 0.0909. The molecule has 0 fully saturated rings. The van der Waals surface area contributed by atoms with E-state index in [1.54, 1.807) is 67.8 Å². The van der Waals surface area contributed by atoms with E-state index >= 15 is 0 Å². The lowest BCUT2D eigenvalue weighted by Crippen LogP contribution is -2.15. The Bertz CT molecular complexity index is 1040. The number of hydrogen-bond acceptors (Lipinski definition) is 4.